The van der Waals surface area contributed by atoms with Gasteiger partial charge in [0.05, 0.1) is 6.54 Å². The monoisotopic (exact) mass is 275 g/mol. The van der Waals surface area contributed by atoms with E-state index < -0.39 is 0 Å². The van der Waals surface area contributed by atoms with Gasteiger partial charge in [0.25, 0.3) is 0 Å². The van der Waals surface area contributed by atoms with Crippen molar-refractivity contribution in [1.29, 1.82) is 0 Å². The van der Waals surface area contributed by atoms with E-state index in [0.29, 0.717) is 6.04 Å². The minimum absolute atomic E-state index is 0.611. The molecule has 0 spiro atoms. The minimum Gasteiger partial charge on any atom is -0.357 e. The van der Waals surface area contributed by atoms with Gasteiger partial charge in [0.2, 0.25) is 0 Å². The van der Waals surface area contributed by atoms with E-state index in [1.165, 1.54) is 19.3 Å². The molecule has 2 N–H and O–H groups in total. The van der Waals surface area contributed by atoms with E-state index in [4.69, 9.17) is 0 Å². The molecule has 0 radical (unpaired) electrons. The average molecular weight is 275 g/mol. The lowest BCUT2D eigenvalue weighted by atomic mass is 10.2. The highest BCUT2D eigenvalue weighted by Crippen LogP contribution is 2.27. The zero-order valence-corrected chi connectivity index (χ0v) is 12.8. The predicted octanol–water partition coefficient (Wildman–Crippen LogP) is 2.19. The van der Waals surface area contributed by atoms with E-state index in [9.17, 15) is 0 Å². The fourth-order valence-electron chi connectivity index (χ4n) is 2.05. The Balaban J connectivity index is 2.35. The van der Waals surface area contributed by atoms with E-state index in [0.717, 1.165) is 30.1 Å². The van der Waals surface area contributed by atoms with Crippen molar-refractivity contribution in [3.63, 3.8) is 0 Å². The summed E-state index contributed by atoms with van der Waals surface area (Å²) in [6.07, 6.45) is 8.22. The normalized spacial score (nSPS) is 25.0. The predicted molar refractivity (Wildman–Crippen MR) is 82.4 cm³/mol. The van der Waals surface area contributed by atoms with Crippen molar-refractivity contribution < 1.29 is 0 Å². The summed E-state index contributed by atoms with van der Waals surface area (Å²) in [6.45, 7) is 3.95. The van der Waals surface area contributed by atoms with Crippen LogP contribution in [0.25, 0.3) is 0 Å². The van der Waals surface area contributed by atoms with Crippen LogP contribution in [0.4, 0.5) is 0 Å². The maximum atomic E-state index is 4.58. The molecule has 2 atom stereocenters. The van der Waals surface area contributed by atoms with Gasteiger partial charge in [0.1, 0.15) is 0 Å². The summed E-state index contributed by atoms with van der Waals surface area (Å²) in [5, 5.41) is 7.72. The summed E-state index contributed by atoms with van der Waals surface area (Å²) in [7, 11) is 0. The molecule has 1 saturated carbocycles. The zero-order chi connectivity index (χ0) is 12.5. The van der Waals surface area contributed by atoms with Gasteiger partial charge in [-0.2, -0.15) is 23.5 Å². The van der Waals surface area contributed by atoms with Crippen LogP contribution < -0.4 is 10.6 Å². The lowest BCUT2D eigenvalue weighted by molar-refractivity contribution is 0.616. The van der Waals surface area contributed by atoms with Crippen molar-refractivity contribution in [1.82, 2.24) is 10.6 Å². The van der Waals surface area contributed by atoms with Gasteiger partial charge in [-0.05, 0) is 38.7 Å². The number of guanidine groups is 1. The highest BCUT2D eigenvalue weighted by Gasteiger charge is 2.24. The Morgan fingerprint density at radius 2 is 2.18 bits per heavy atom. The maximum absolute atomic E-state index is 4.58. The van der Waals surface area contributed by atoms with Crippen LogP contribution in [0.3, 0.4) is 0 Å². The van der Waals surface area contributed by atoms with Crippen molar-refractivity contribution >= 4 is 29.5 Å². The largest absolute Gasteiger partial charge is 0.357 e. The van der Waals surface area contributed by atoms with Crippen LogP contribution in [0.15, 0.2) is 4.99 Å². The second-order valence-corrected chi connectivity index (χ2v) is 6.39. The first-order valence-corrected chi connectivity index (χ1v) is 9.04. The van der Waals surface area contributed by atoms with E-state index in [-0.39, 0.29) is 0 Å². The summed E-state index contributed by atoms with van der Waals surface area (Å²) >= 11 is 3.84. The summed E-state index contributed by atoms with van der Waals surface area (Å²) in [4.78, 5) is 4.58. The SMILES string of the molecule is CCNC(=NCCSC)NC1CCC(SC)C1. The Labute approximate surface area is 114 Å². The highest BCUT2D eigenvalue weighted by molar-refractivity contribution is 7.99. The first-order chi connectivity index (χ1) is 8.30. The van der Waals surface area contributed by atoms with Crippen molar-refractivity contribution in [3.8, 4) is 0 Å². The Kier molecular flexibility index (Phi) is 7.93. The Bertz CT molecular complexity index is 234. The molecule has 0 aromatic heterocycles. The third kappa shape index (κ3) is 5.91. The molecule has 1 aliphatic carbocycles. The molecule has 3 nitrogen and oxygen atoms in total. The molecule has 0 heterocycles. The Morgan fingerprint density at radius 1 is 1.35 bits per heavy atom. The molecule has 1 rings (SSSR count). The molecule has 1 aliphatic rings. The average Bonchev–Trinajstić information content (AvgIpc) is 2.77. The van der Waals surface area contributed by atoms with E-state index >= 15 is 0 Å². The van der Waals surface area contributed by atoms with Crippen LogP contribution >= 0.6 is 23.5 Å². The van der Waals surface area contributed by atoms with Crippen molar-refractivity contribution in [3.05, 3.63) is 0 Å². The number of hydrogen-bond acceptors (Lipinski definition) is 3. The summed E-state index contributed by atoms with van der Waals surface area (Å²) in [5.41, 5.74) is 0. The molecule has 0 saturated heterocycles. The van der Waals surface area contributed by atoms with Crippen molar-refractivity contribution in [2.45, 2.75) is 37.5 Å². The Hall–Kier alpha value is -0.0300. The van der Waals surface area contributed by atoms with Gasteiger partial charge < -0.3 is 10.6 Å². The first-order valence-electron chi connectivity index (χ1n) is 6.36. The van der Waals surface area contributed by atoms with Gasteiger partial charge in [-0.15, -0.1) is 0 Å². The fraction of sp³-hybridized carbons (Fsp3) is 0.917. The lowest BCUT2D eigenvalue weighted by Gasteiger charge is -2.17. The number of thioether (sulfide) groups is 2. The molecular formula is C12H25N3S2. The zero-order valence-electron chi connectivity index (χ0n) is 11.2. The number of nitrogens with zero attached hydrogens (tertiary/aromatic N) is 1. The lowest BCUT2D eigenvalue weighted by Crippen LogP contribution is -2.42. The number of aliphatic imine (C=N–C) groups is 1. The molecule has 5 heteroatoms. The summed E-state index contributed by atoms with van der Waals surface area (Å²) in [5.74, 6) is 2.09. The highest BCUT2D eigenvalue weighted by atomic mass is 32.2. The topological polar surface area (TPSA) is 36.4 Å². The third-order valence-corrected chi connectivity index (χ3v) is 4.65. The molecule has 0 aromatic carbocycles. The molecule has 100 valence electrons. The third-order valence-electron chi connectivity index (χ3n) is 2.97. The Morgan fingerprint density at radius 3 is 2.76 bits per heavy atom. The fourth-order valence-corrected chi connectivity index (χ4v) is 3.12. The quantitative estimate of drug-likeness (QED) is 0.443. The van der Waals surface area contributed by atoms with Crippen LogP contribution in [0.1, 0.15) is 26.2 Å². The number of nitrogens with one attached hydrogen (secondary N) is 2. The van der Waals surface area contributed by atoms with Gasteiger partial charge in [0.15, 0.2) is 5.96 Å². The molecule has 0 aliphatic heterocycles. The molecular weight excluding hydrogens is 250 g/mol. The van der Waals surface area contributed by atoms with Crippen molar-refractivity contribution in [2.75, 3.05) is 31.4 Å². The summed E-state index contributed by atoms with van der Waals surface area (Å²) in [6, 6.07) is 0.611. The minimum atomic E-state index is 0.611. The van der Waals surface area contributed by atoms with Crippen LogP contribution in [-0.4, -0.2) is 48.6 Å². The van der Waals surface area contributed by atoms with Gasteiger partial charge in [0, 0.05) is 23.6 Å². The first kappa shape index (κ1) is 15.0. The molecule has 0 aromatic rings. The summed E-state index contributed by atoms with van der Waals surface area (Å²) < 4.78 is 0. The van der Waals surface area contributed by atoms with Crippen LogP contribution in [-0.2, 0) is 0 Å². The van der Waals surface area contributed by atoms with Gasteiger partial charge in [-0.1, -0.05) is 0 Å². The van der Waals surface area contributed by atoms with Crippen LogP contribution in [0.2, 0.25) is 0 Å². The molecule has 0 bridgehead atoms. The van der Waals surface area contributed by atoms with E-state index in [1.54, 1.807) is 0 Å². The second-order valence-electron chi connectivity index (χ2n) is 4.27. The van der Waals surface area contributed by atoms with E-state index in [1.807, 2.05) is 23.5 Å². The standard InChI is InChI=1S/C12H25N3S2/c1-4-13-12(14-7-8-16-2)15-10-5-6-11(9-10)17-3/h10-11H,4-9H2,1-3H3,(H2,13,14,15). The molecule has 1 fully saturated rings. The van der Waals surface area contributed by atoms with Gasteiger partial charge in [-0.25, -0.2) is 0 Å². The maximum Gasteiger partial charge on any atom is 0.191 e. The van der Waals surface area contributed by atoms with Crippen molar-refractivity contribution in [2.24, 2.45) is 4.99 Å². The smallest absolute Gasteiger partial charge is 0.191 e. The number of rotatable bonds is 6. The molecule has 2 unspecified atom stereocenters. The van der Waals surface area contributed by atoms with Gasteiger partial charge >= 0.3 is 0 Å². The van der Waals surface area contributed by atoms with E-state index in [2.05, 4.69) is 35.1 Å². The molecule has 0 amide bonds. The van der Waals surface area contributed by atoms with Crippen LogP contribution in [0, 0.1) is 0 Å². The molecule has 17 heavy (non-hydrogen) atoms. The van der Waals surface area contributed by atoms with Gasteiger partial charge in [-0.3, -0.25) is 4.99 Å². The van der Waals surface area contributed by atoms with Crippen LogP contribution in [0.5, 0.6) is 0 Å². The second kappa shape index (κ2) is 8.97. The number of hydrogen-bond donors (Lipinski definition) is 2.